The molecule has 5 nitrogen and oxygen atoms in total. The molecule has 0 saturated carbocycles. The molecule has 0 aliphatic carbocycles. The van der Waals surface area contributed by atoms with Gasteiger partial charge in [-0.25, -0.2) is 4.79 Å². The van der Waals surface area contributed by atoms with Crippen molar-refractivity contribution in [3.8, 4) is 0 Å². The Morgan fingerprint density at radius 2 is 1.65 bits per heavy atom. The minimum atomic E-state index is -0.172. The molecule has 1 aliphatic rings. The molecule has 0 atom stereocenters. The third-order valence-corrected chi connectivity index (χ3v) is 5.31. The third kappa shape index (κ3) is 4.31. The third-order valence-electron chi connectivity index (χ3n) is 4.28. The predicted octanol–water partition coefficient (Wildman–Crippen LogP) is 4.05. The van der Waals surface area contributed by atoms with E-state index in [2.05, 4.69) is 5.32 Å². The van der Waals surface area contributed by atoms with Gasteiger partial charge >= 0.3 is 6.03 Å². The minimum absolute atomic E-state index is 0.00479. The number of carbonyl (C=O) groups excluding carboxylic acids is 2. The fourth-order valence-electron chi connectivity index (χ4n) is 2.85. The summed E-state index contributed by atoms with van der Waals surface area (Å²) in [4.78, 5) is 29.5. The summed E-state index contributed by atoms with van der Waals surface area (Å²) >= 11 is 7.59. The molecule has 1 N–H and O–H groups in total. The predicted molar refractivity (Wildman–Crippen MR) is 106 cm³/mol. The van der Waals surface area contributed by atoms with Crippen LogP contribution in [0.15, 0.2) is 53.4 Å². The maximum Gasteiger partial charge on any atom is 0.321 e. The summed E-state index contributed by atoms with van der Waals surface area (Å²) in [5, 5.41) is 3.51. The van der Waals surface area contributed by atoms with E-state index in [4.69, 9.17) is 11.6 Å². The average molecular weight is 390 g/mol. The van der Waals surface area contributed by atoms with Gasteiger partial charge < -0.3 is 15.1 Å². The standard InChI is InChI=1S/C19H20ClN3O2S/c1-26-17-8-7-15(20)13-16(17)21-19(25)23-11-9-22(10-12-23)18(24)14-5-3-2-4-6-14/h2-8,13H,9-12H2,1H3,(H,21,25). The van der Waals surface area contributed by atoms with Gasteiger partial charge in [-0.15, -0.1) is 11.8 Å². The second kappa shape index (κ2) is 8.47. The van der Waals surface area contributed by atoms with Crippen molar-refractivity contribution in [1.82, 2.24) is 9.80 Å². The number of amides is 3. The van der Waals surface area contributed by atoms with E-state index >= 15 is 0 Å². The molecule has 3 amide bonds. The monoisotopic (exact) mass is 389 g/mol. The van der Waals surface area contributed by atoms with Gasteiger partial charge in [0.25, 0.3) is 5.91 Å². The Morgan fingerprint density at radius 3 is 2.31 bits per heavy atom. The van der Waals surface area contributed by atoms with Gasteiger partial charge in [-0.05, 0) is 36.6 Å². The summed E-state index contributed by atoms with van der Waals surface area (Å²) in [6.07, 6.45) is 1.95. The van der Waals surface area contributed by atoms with Crippen molar-refractivity contribution >= 4 is 41.0 Å². The smallest absolute Gasteiger partial charge is 0.321 e. The Morgan fingerprint density at radius 1 is 1.00 bits per heavy atom. The van der Waals surface area contributed by atoms with Crippen molar-refractivity contribution in [2.45, 2.75) is 4.90 Å². The first-order chi connectivity index (χ1) is 12.6. The molecular weight excluding hydrogens is 370 g/mol. The zero-order valence-corrected chi connectivity index (χ0v) is 16.0. The highest BCUT2D eigenvalue weighted by molar-refractivity contribution is 7.98. The summed E-state index contributed by atoms with van der Waals surface area (Å²) in [5.74, 6) is 0.00479. The number of nitrogens with zero attached hydrogens (tertiary/aromatic N) is 2. The lowest BCUT2D eigenvalue weighted by Gasteiger charge is -2.34. The van der Waals surface area contributed by atoms with E-state index in [-0.39, 0.29) is 11.9 Å². The number of hydrogen-bond acceptors (Lipinski definition) is 3. The van der Waals surface area contributed by atoms with Gasteiger partial charge in [0.2, 0.25) is 0 Å². The fraction of sp³-hybridized carbons (Fsp3) is 0.263. The van der Waals surface area contributed by atoms with E-state index in [1.165, 1.54) is 0 Å². The Bertz CT molecular complexity index is 793. The topological polar surface area (TPSA) is 52.7 Å². The van der Waals surface area contributed by atoms with Crippen molar-refractivity contribution in [3.63, 3.8) is 0 Å². The van der Waals surface area contributed by atoms with Crippen molar-refractivity contribution < 1.29 is 9.59 Å². The zero-order valence-electron chi connectivity index (χ0n) is 14.4. The van der Waals surface area contributed by atoms with Crippen LogP contribution in [0.1, 0.15) is 10.4 Å². The number of halogens is 1. The lowest BCUT2D eigenvalue weighted by Crippen LogP contribution is -2.51. The number of anilines is 1. The number of piperazine rings is 1. The summed E-state index contributed by atoms with van der Waals surface area (Å²) in [6, 6.07) is 14.5. The maximum absolute atomic E-state index is 12.6. The van der Waals surface area contributed by atoms with Gasteiger partial charge in [0.05, 0.1) is 5.69 Å². The van der Waals surface area contributed by atoms with E-state index < -0.39 is 0 Å². The number of urea groups is 1. The molecule has 2 aromatic carbocycles. The second-order valence-corrected chi connectivity index (χ2v) is 7.20. The van der Waals surface area contributed by atoms with Crippen LogP contribution in [0.3, 0.4) is 0 Å². The van der Waals surface area contributed by atoms with E-state index in [0.717, 1.165) is 4.90 Å². The number of nitrogens with one attached hydrogen (secondary N) is 1. The van der Waals surface area contributed by atoms with Gasteiger partial charge in [-0.1, -0.05) is 29.8 Å². The summed E-state index contributed by atoms with van der Waals surface area (Å²) in [5.41, 5.74) is 1.38. The fourth-order valence-corrected chi connectivity index (χ4v) is 3.55. The Balaban J connectivity index is 1.59. The molecule has 136 valence electrons. The summed E-state index contributed by atoms with van der Waals surface area (Å²) < 4.78 is 0. The second-order valence-electron chi connectivity index (χ2n) is 5.92. The van der Waals surface area contributed by atoms with Crippen molar-refractivity contribution in [2.24, 2.45) is 0 Å². The van der Waals surface area contributed by atoms with Crippen molar-refractivity contribution in [3.05, 3.63) is 59.1 Å². The molecule has 0 radical (unpaired) electrons. The number of rotatable bonds is 3. The largest absolute Gasteiger partial charge is 0.335 e. The van der Waals surface area contributed by atoms with Crippen LogP contribution in [0.4, 0.5) is 10.5 Å². The van der Waals surface area contributed by atoms with Gasteiger partial charge in [0, 0.05) is 41.7 Å². The van der Waals surface area contributed by atoms with Gasteiger partial charge in [0.15, 0.2) is 0 Å². The Labute approximate surface area is 162 Å². The van der Waals surface area contributed by atoms with E-state index in [1.807, 2.05) is 42.7 Å². The van der Waals surface area contributed by atoms with Gasteiger partial charge in [-0.3, -0.25) is 4.79 Å². The molecule has 3 rings (SSSR count). The Hall–Kier alpha value is -2.18. The molecule has 1 saturated heterocycles. The Kier molecular flexibility index (Phi) is 6.06. The molecular formula is C19H20ClN3O2S. The summed E-state index contributed by atoms with van der Waals surface area (Å²) in [6.45, 7) is 2.04. The molecule has 0 aromatic heterocycles. The van der Waals surface area contributed by atoms with E-state index in [0.29, 0.717) is 42.5 Å². The molecule has 2 aromatic rings. The van der Waals surface area contributed by atoms with E-state index in [1.54, 1.807) is 33.7 Å². The first kappa shape index (κ1) is 18.6. The van der Waals surface area contributed by atoms with Crippen LogP contribution in [0.2, 0.25) is 5.02 Å². The number of benzene rings is 2. The molecule has 1 heterocycles. The number of thioether (sulfide) groups is 1. The zero-order chi connectivity index (χ0) is 18.5. The highest BCUT2D eigenvalue weighted by Gasteiger charge is 2.25. The van der Waals surface area contributed by atoms with Gasteiger partial charge in [-0.2, -0.15) is 0 Å². The summed E-state index contributed by atoms with van der Waals surface area (Å²) in [7, 11) is 0. The lowest BCUT2D eigenvalue weighted by molar-refractivity contribution is 0.0671. The van der Waals surface area contributed by atoms with Crippen LogP contribution in [-0.2, 0) is 0 Å². The molecule has 0 bridgehead atoms. The molecule has 0 spiro atoms. The highest BCUT2D eigenvalue weighted by atomic mass is 35.5. The molecule has 7 heteroatoms. The lowest BCUT2D eigenvalue weighted by atomic mass is 10.2. The maximum atomic E-state index is 12.6. The molecule has 0 unspecified atom stereocenters. The van der Waals surface area contributed by atoms with Crippen LogP contribution < -0.4 is 5.32 Å². The quantitative estimate of drug-likeness (QED) is 0.805. The van der Waals surface area contributed by atoms with Crippen LogP contribution in [0, 0.1) is 0 Å². The molecule has 1 aliphatic heterocycles. The first-order valence-corrected chi connectivity index (χ1v) is 9.92. The number of carbonyl (C=O) groups is 2. The van der Waals surface area contributed by atoms with Crippen LogP contribution in [0.5, 0.6) is 0 Å². The van der Waals surface area contributed by atoms with Crippen LogP contribution in [-0.4, -0.2) is 54.2 Å². The van der Waals surface area contributed by atoms with Crippen molar-refractivity contribution in [1.29, 1.82) is 0 Å². The first-order valence-electron chi connectivity index (χ1n) is 8.32. The molecule has 26 heavy (non-hydrogen) atoms. The number of hydrogen-bond donors (Lipinski definition) is 1. The van der Waals surface area contributed by atoms with Gasteiger partial charge in [0.1, 0.15) is 0 Å². The highest BCUT2D eigenvalue weighted by Crippen LogP contribution is 2.28. The minimum Gasteiger partial charge on any atom is -0.335 e. The van der Waals surface area contributed by atoms with Crippen LogP contribution >= 0.6 is 23.4 Å². The normalized spacial score (nSPS) is 14.2. The van der Waals surface area contributed by atoms with Crippen LogP contribution in [0.25, 0.3) is 0 Å². The van der Waals surface area contributed by atoms with Crippen molar-refractivity contribution in [2.75, 3.05) is 37.8 Å². The average Bonchev–Trinajstić information content (AvgIpc) is 2.68. The SMILES string of the molecule is CSc1ccc(Cl)cc1NC(=O)N1CCN(C(=O)c2ccccc2)CC1. The molecule has 1 fully saturated rings. The van der Waals surface area contributed by atoms with E-state index in [9.17, 15) is 9.59 Å².